The number of hydrogen-bond donors (Lipinski definition) is 3. The summed E-state index contributed by atoms with van der Waals surface area (Å²) in [7, 11) is 0. The number of aromatic nitrogens is 1. The molecule has 0 spiro atoms. The van der Waals surface area contributed by atoms with E-state index in [1.807, 2.05) is 5.32 Å². The third kappa shape index (κ3) is 4.85. The molecule has 0 unspecified atom stereocenters. The van der Waals surface area contributed by atoms with Gasteiger partial charge in [0.25, 0.3) is 5.91 Å². The summed E-state index contributed by atoms with van der Waals surface area (Å²) in [5.74, 6) is -1.09. The zero-order chi connectivity index (χ0) is 15.1. The van der Waals surface area contributed by atoms with Crippen molar-refractivity contribution in [3.05, 3.63) is 17.8 Å². The Morgan fingerprint density at radius 2 is 2.15 bits per heavy atom. The Labute approximate surface area is 117 Å². The van der Waals surface area contributed by atoms with Crippen LogP contribution in [0.25, 0.3) is 0 Å². The molecule has 1 aromatic heterocycles. The van der Waals surface area contributed by atoms with Gasteiger partial charge in [0, 0.05) is 6.07 Å². The molecule has 0 saturated carbocycles. The van der Waals surface area contributed by atoms with Crippen LogP contribution >= 0.6 is 0 Å². The first-order valence-corrected chi connectivity index (χ1v) is 6.31. The number of imide groups is 1. The molecule has 7 nitrogen and oxygen atoms in total. The summed E-state index contributed by atoms with van der Waals surface area (Å²) in [6, 6.07) is 2.75. The fourth-order valence-corrected chi connectivity index (χ4v) is 1.32. The molecule has 1 heterocycles. The van der Waals surface area contributed by atoms with E-state index in [4.69, 9.17) is 10.5 Å². The highest BCUT2D eigenvalue weighted by Crippen LogP contribution is 2.19. The lowest BCUT2D eigenvalue weighted by molar-refractivity contribution is -0.118. The lowest BCUT2D eigenvalue weighted by atomic mass is 10.1. The van der Waals surface area contributed by atoms with E-state index in [9.17, 15) is 14.7 Å². The van der Waals surface area contributed by atoms with Crippen molar-refractivity contribution in [3.8, 4) is 11.6 Å². The summed E-state index contributed by atoms with van der Waals surface area (Å²) >= 11 is 0. The molecule has 0 aromatic carbocycles. The van der Waals surface area contributed by atoms with E-state index in [1.54, 1.807) is 0 Å². The summed E-state index contributed by atoms with van der Waals surface area (Å²) in [5, 5.41) is 11.6. The van der Waals surface area contributed by atoms with Crippen LogP contribution in [0.15, 0.2) is 12.1 Å². The van der Waals surface area contributed by atoms with E-state index in [1.165, 1.54) is 12.1 Å². The molecule has 0 bridgehead atoms. The molecule has 7 heteroatoms. The minimum Gasteiger partial charge on any atom is -0.505 e. The summed E-state index contributed by atoms with van der Waals surface area (Å²) in [4.78, 5) is 26.6. The van der Waals surface area contributed by atoms with Crippen LogP contribution < -0.4 is 15.8 Å². The Bertz CT molecular complexity index is 489. The Kier molecular flexibility index (Phi) is 5.92. The topological polar surface area (TPSA) is 115 Å². The van der Waals surface area contributed by atoms with Crippen LogP contribution in [-0.4, -0.2) is 35.1 Å². The number of nitrogens with one attached hydrogen (secondary N) is 1. The first-order chi connectivity index (χ1) is 9.43. The van der Waals surface area contributed by atoms with Gasteiger partial charge in [0.05, 0.1) is 13.2 Å². The maximum Gasteiger partial charge on any atom is 0.280 e. The van der Waals surface area contributed by atoms with Gasteiger partial charge in [-0.05, 0) is 18.4 Å². The zero-order valence-electron chi connectivity index (χ0n) is 11.5. The van der Waals surface area contributed by atoms with Crippen molar-refractivity contribution in [1.29, 1.82) is 0 Å². The molecule has 2 amide bonds. The molecule has 0 radical (unpaired) electrons. The van der Waals surface area contributed by atoms with E-state index in [-0.39, 0.29) is 23.9 Å². The second kappa shape index (κ2) is 7.44. The van der Waals surface area contributed by atoms with Gasteiger partial charge in [0.2, 0.25) is 11.8 Å². The molecule has 20 heavy (non-hydrogen) atoms. The van der Waals surface area contributed by atoms with Crippen LogP contribution in [0.5, 0.6) is 11.6 Å². The van der Waals surface area contributed by atoms with E-state index >= 15 is 0 Å². The minimum absolute atomic E-state index is 0.216. The average Bonchev–Trinajstić information content (AvgIpc) is 2.39. The van der Waals surface area contributed by atoms with Gasteiger partial charge in [-0.3, -0.25) is 14.9 Å². The smallest absolute Gasteiger partial charge is 0.280 e. The first-order valence-electron chi connectivity index (χ1n) is 6.31. The number of carbonyl (C=O) groups excluding carboxylic acids is 2. The molecule has 4 N–H and O–H groups in total. The summed E-state index contributed by atoms with van der Waals surface area (Å²) in [5.41, 5.74) is 4.82. The maximum atomic E-state index is 11.7. The highest BCUT2D eigenvalue weighted by atomic mass is 16.5. The van der Waals surface area contributed by atoms with E-state index < -0.39 is 11.8 Å². The van der Waals surface area contributed by atoms with E-state index in [0.29, 0.717) is 12.5 Å². The quantitative estimate of drug-likeness (QED) is 0.696. The van der Waals surface area contributed by atoms with Gasteiger partial charge in [-0.1, -0.05) is 13.8 Å². The molecule has 110 valence electrons. The average molecular weight is 281 g/mol. The van der Waals surface area contributed by atoms with Crippen molar-refractivity contribution in [2.24, 2.45) is 11.7 Å². The van der Waals surface area contributed by atoms with Gasteiger partial charge >= 0.3 is 0 Å². The summed E-state index contributed by atoms with van der Waals surface area (Å²) in [6.07, 6.45) is 0.843. The molecule has 1 aromatic rings. The van der Waals surface area contributed by atoms with Crippen molar-refractivity contribution >= 4 is 11.8 Å². The molecule has 0 aliphatic heterocycles. The summed E-state index contributed by atoms with van der Waals surface area (Å²) < 4.78 is 5.38. The van der Waals surface area contributed by atoms with Crippen LogP contribution in [0.2, 0.25) is 0 Å². The molecule has 0 aliphatic carbocycles. The fraction of sp³-hybridized carbons (Fsp3) is 0.462. The third-order valence-corrected chi connectivity index (χ3v) is 2.45. The van der Waals surface area contributed by atoms with Crippen molar-refractivity contribution in [1.82, 2.24) is 10.3 Å². The Morgan fingerprint density at radius 1 is 1.45 bits per heavy atom. The number of carbonyl (C=O) groups is 2. The Balaban J connectivity index is 2.75. The molecular weight excluding hydrogens is 262 g/mol. The van der Waals surface area contributed by atoms with Gasteiger partial charge in [0.15, 0.2) is 5.69 Å². The second-order valence-corrected chi connectivity index (χ2v) is 4.63. The monoisotopic (exact) mass is 281 g/mol. The zero-order valence-corrected chi connectivity index (χ0v) is 11.5. The highest BCUT2D eigenvalue weighted by molar-refractivity contribution is 6.05. The number of aromatic hydroxyl groups is 1. The Morgan fingerprint density at radius 3 is 2.75 bits per heavy atom. The van der Waals surface area contributed by atoms with Crippen LogP contribution in [0, 0.1) is 5.92 Å². The van der Waals surface area contributed by atoms with Crippen molar-refractivity contribution < 1.29 is 19.4 Å². The third-order valence-electron chi connectivity index (χ3n) is 2.45. The fourth-order valence-electron chi connectivity index (χ4n) is 1.32. The lowest BCUT2D eigenvalue weighted by Crippen LogP contribution is -2.35. The molecule has 1 rings (SSSR count). The standard InChI is InChI=1S/C13H19N3O4/c1-8(2)5-6-20-11-4-3-9(17)12(16-11)13(19)15-10(18)7-14/h3-4,8,17H,5-7,14H2,1-2H3,(H,15,18,19). The number of nitrogens with zero attached hydrogens (tertiary/aromatic N) is 1. The number of pyridine rings is 1. The number of ether oxygens (including phenoxy) is 1. The van der Waals surface area contributed by atoms with E-state index in [0.717, 1.165) is 6.42 Å². The van der Waals surface area contributed by atoms with Crippen LogP contribution in [0.4, 0.5) is 0 Å². The lowest BCUT2D eigenvalue weighted by Gasteiger charge is -2.09. The van der Waals surface area contributed by atoms with E-state index in [2.05, 4.69) is 18.8 Å². The normalized spacial score (nSPS) is 10.4. The molecule has 0 fully saturated rings. The second-order valence-electron chi connectivity index (χ2n) is 4.63. The van der Waals surface area contributed by atoms with Gasteiger partial charge < -0.3 is 15.6 Å². The Hall–Kier alpha value is -2.15. The number of hydrogen-bond acceptors (Lipinski definition) is 6. The van der Waals surface area contributed by atoms with Gasteiger partial charge in [0.1, 0.15) is 5.75 Å². The largest absolute Gasteiger partial charge is 0.505 e. The predicted octanol–water partition coefficient (Wildman–Crippen LogP) is 0.427. The number of amides is 2. The molecule has 0 atom stereocenters. The van der Waals surface area contributed by atoms with Crippen LogP contribution in [0.3, 0.4) is 0 Å². The van der Waals surface area contributed by atoms with Crippen molar-refractivity contribution in [2.45, 2.75) is 20.3 Å². The number of nitrogens with two attached hydrogens (primary N) is 1. The molecule has 0 saturated heterocycles. The first kappa shape index (κ1) is 15.9. The predicted molar refractivity (Wildman–Crippen MR) is 72.4 cm³/mol. The molecule has 0 aliphatic rings. The van der Waals surface area contributed by atoms with Gasteiger partial charge in [-0.15, -0.1) is 0 Å². The maximum absolute atomic E-state index is 11.7. The van der Waals surface area contributed by atoms with Gasteiger partial charge in [-0.2, -0.15) is 0 Å². The number of rotatable bonds is 6. The SMILES string of the molecule is CC(C)CCOc1ccc(O)c(C(=O)NC(=O)CN)n1. The van der Waals surface area contributed by atoms with Crippen LogP contribution in [-0.2, 0) is 4.79 Å². The summed E-state index contributed by atoms with van der Waals surface area (Å²) in [6.45, 7) is 4.26. The van der Waals surface area contributed by atoms with Gasteiger partial charge in [-0.25, -0.2) is 4.98 Å². The minimum atomic E-state index is -0.813. The highest BCUT2D eigenvalue weighted by Gasteiger charge is 2.16. The van der Waals surface area contributed by atoms with Crippen molar-refractivity contribution in [3.63, 3.8) is 0 Å². The van der Waals surface area contributed by atoms with Crippen LogP contribution in [0.1, 0.15) is 30.8 Å². The van der Waals surface area contributed by atoms with Crippen molar-refractivity contribution in [2.75, 3.05) is 13.2 Å². The molecular formula is C13H19N3O4.